The van der Waals surface area contributed by atoms with Gasteiger partial charge in [0, 0.05) is 30.2 Å². The van der Waals surface area contributed by atoms with Gasteiger partial charge < -0.3 is 9.41 Å². The van der Waals surface area contributed by atoms with E-state index in [2.05, 4.69) is 33.6 Å². The van der Waals surface area contributed by atoms with Crippen molar-refractivity contribution in [1.82, 2.24) is 4.67 Å². The van der Waals surface area contributed by atoms with Crippen molar-refractivity contribution in [2.45, 2.75) is 18.9 Å². The number of hydrogen-bond acceptors (Lipinski definition) is 2. The van der Waals surface area contributed by atoms with Crippen molar-refractivity contribution in [3.8, 4) is 5.75 Å². The summed E-state index contributed by atoms with van der Waals surface area (Å²) in [5.74, 6) is 0.741. The van der Waals surface area contributed by atoms with Crippen LogP contribution in [0.5, 0.6) is 5.75 Å². The zero-order chi connectivity index (χ0) is 18.4. The van der Waals surface area contributed by atoms with Crippen LogP contribution in [0.2, 0.25) is 0 Å². The highest BCUT2D eigenvalue weighted by molar-refractivity contribution is 7.71. The molecule has 0 aromatic heterocycles. The second kappa shape index (κ2) is 6.40. The number of fused-ring (bicyclic) bond motifs is 2. The van der Waals surface area contributed by atoms with Gasteiger partial charge in [-0.25, -0.2) is 4.67 Å². The van der Waals surface area contributed by atoms with E-state index in [4.69, 9.17) is 4.74 Å². The number of para-hydroxylation sites is 1. The standard InChI is InChI=1S/C22H23N2O2P/c1-26-22-20-12-6-5-8-17(20)13-14-21(22)27(25)23-15-7-11-19(23)16-24(27)18-9-3-2-4-10-18/h2-6,8-10,12-14,19H,7,11,15-16H2,1H3/t19-,27-/m0/s1. The first-order valence-electron chi connectivity index (χ1n) is 9.50. The van der Waals surface area contributed by atoms with Crippen LogP contribution in [0.25, 0.3) is 10.8 Å². The summed E-state index contributed by atoms with van der Waals surface area (Å²) in [6.07, 6.45) is 2.20. The molecule has 4 nitrogen and oxygen atoms in total. The summed E-state index contributed by atoms with van der Waals surface area (Å²) in [6, 6.07) is 22.7. The van der Waals surface area contributed by atoms with Gasteiger partial charge in [0.1, 0.15) is 5.75 Å². The maximum Gasteiger partial charge on any atom is 0.273 e. The van der Waals surface area contributed by atoms with E-state index in [1.54, 1.807) is 7.11 Å². The first-order chi connectivity index (χ1) is 13.2. The van der Waals surface area contributed by atoms with Crippen LogP contribution in [0.15, 0.2) is 66.7 Å². The molecule has 0 unspecified atom stereocenters. The van der Waals surface area contributed by atoms with Crippen LogP contribution in [0.4, 0.5) is 5.69 Å². The normalized spacial score (nSPS) is 25.1. The predicted octanol–water partition coefficient (Wildman–Crippen LogP) is 4.65. The molecule has 0 bridgehead atoms. The van der Waals surface area contributed by atoms with Crippen molar-refractivity contribution in [3.63, 3.8) is 0 Å². The first-order valence-corrected chi connectivity index (χ1v) is 11.1. The Morgan fingerprint density at radius 2 is 1.78 bits per heavy atom. The van der Waals surface area contributed by atoms with E-state index in [-0.39, 0.29) is 0 Å². The van der Waals surface area contributed by atoms with Gasteiger partial charge in [0.05, 0.1) is 12.4 Å². The Morgan fingerprint density at radius 3 is 2.59 bits per heavy atom. The number of ether oxygens (including phenoxy) is 1. The number of methoxy groups -OCH3 is 1. The number of benzene rings is 3. The minimum absolute atomic E-state index is 0.340. The molecular weight excluding hydrogens is 355 g/mol. The Labute approximate surface area is 159 Å². The molecule has 2 aliphatic rings. The van der Waals surface area contributed by atoms with Crippen molar-refractivity contribution >= 4 is 29.2 Å². The fourth-order valence-corrected chi connectivity index (χ4v) is 8.08. The fraction of sp³-hybridized carbons (Fsp3) is 0.273. The molecule has 27 heavy (non-hydrogen) atoms. The molecule has 3 aromatic rings. The summed E-state index contributed by atoms with van der Waals surface area (Å²) in [6.45, 7) is 1.68. The van der Waals surface area contributed by atoms with E-state index in [9.17, 15) is 4.57 Å². The molecule has 138 valence electrons. The van der Waals surface area contributed by atoms with Crippen LogP contribution in [0.1, 0.15) is 12.8 Å². The number of nitrogens with zero attached hydrogens (tertiary/aromatic N) is 2. The molecule has 5 rings (SSSR count). The van der Waals surface area contributed by atoms with Gasteiger partial charge in [0.2, 0.25) is 0 Å². The zero-order valence-corrected chi connectivity index (χ0v) is 16.3. The van der Waals surface area contributed by atoms with E-state index >= 15 is 0 Å². The third-order valence-corrected chi connectivity index (χ3v) is 9.09. The van der Waals surface area contributed by atoms with Gasteiger partial charge in [-0.15, -0.1) is 0 Å². The highest BCUT2D eigenvalue weighted by atomic mass is 31.2. The highest BCUT2D eigenvalue weighted by Gasteiger charge is 2.52. The SMILES string of the molecule is COc1c([P@@]2(=O)N(c3ccccc3)C[C@@H]3CCCN32)ccc2ccccc12. The van der Waals surface area contributed by atoms with E-state index in [0.717, 1.165) is 53.4 Å². The van der Waals surface area contributed by atoms with Gasteiger partial charge in [-0.05, 0) is 36.4 Å². The van der Waals surface area contributed by atoms with E-state index in [0.29, 0.717) is 6.04 Å². The lowest BCUT2D eigenvalue weighted by atomic mass is 10.1. The van der Waals surface area contributed by atoms with Crippen LogP contribution >= 0.6 is 7.44 Å². The third-order valence-electron chi connectivity index (χ3n) is 5.84. The Balaban J connectivity index is 1.75. The Bertz CT molecular complexity index is 1040. The van der Waals surface area contributed by atoms with Gasteiger partial charge in [-0.3, -0.25) is 4.57 Å². The largest absolute Gasteiger partial charge is 0.495 e. The summed E-state index contributed by atoms with van der Waals surface area (Å²) < 4.78 is 25.0. The lowest BCUT2D eigenvalue weighted by molar-refractivity contribution is 0.417. The number of hydrogen-bond donors (Lipinski definition) is 0. The van der Waals surface area contributed by atoms with E-state index < -0.39 is 7.44 Å². The summed E-state index contributed by atoms with van der Waals surface area (Å²) in [5.41, 5.74) is 1.02. The molecule has 0 radical (unpaired) electrons. The first kappa shape index (κ1) is 16.9. The van der Waals surface area contributed by atoms with Crippen molar-refractivity contribution in [1.29, 1.82) is 0 Å². The molecule has 0 amide bonds. The van der Waals surface area contributed by atoms with Crippen LogP contribution in [-0.2, 0) is 4.57 Å². The maximum atomic E-state index is 14.8. The highest BCUT2D eigenvalue weighted by Crippen LogP contribution is 2.63. The summed E-state index contributed by atoms with van der Waals surface area (Å²) >= 11 is 0. The third kappa shape index (κ3) is 2.44. The quantitative estimate of drug-likeness (QED) is 0.621. The molecule has 5 heteroatoms. The zero-order valence-electron chi connectivity index (χ0n) is 15.4. The molecule has 2 heterocycles. The average Bonchev–Trinajstić information content (AvgIpc) is 3.30. The van der Waals surface area contributed by atoms with Crippen molar-refractivity contribution in [3.05, 3.63) is 66.7 Å². The number of anilines is 1. The van der Waals surface area contributed by atoms with Gasteiger partial charge in [0.15, 0.2) is 0 Å². The monoisotopic (exact) mass is 378 g/mol. The van der Waals surface area contributed by atoms with Gasteiger partial charge in [-0.1, -0.05) is 48.5 Å². The molecule has 3 aromatic carbocycles. The fourth-order valence-electron chi connectivity index (χ4n) is 4.62. The topological polar surface area (TPSA) is 32.8 Å². The summed E-state index contributed by atoms with van der Waals surface area (Å²) in [5, 5.41) is 2.94. The Kier molecular flexibility index (Phi) is 3.99. The molecule has 0 spiro atoms. The van der Waals surface area contributed by atoms with Crippen LogP contribution in [0.3, 0.4) is 0 Å². The second-order valence-electron chi connectivity index (χ2n) is 7.26. The second-order valence-corrected chi connectivity index (χ2v) is 9.83. The van der Waals surface area contributed by atoms with Gasteiger partial charge in [0.25, 0.3) is 7.44 Å². The maximum absolute atomic E-state index is 14.8. The van der Waals surface area contributed by atoms with Crippen molar-refractivity contribution in [2.75, 3.05) is 24.9 Å². The Hall–Kier alpha value is -2.29. The lowest BCUT2D eigenvalue weighted by Crippen LogP contribution is -2.28. The van der Waals surface area contributed by atoms with E-state index in [1.807, 2.05) is 42.5 Å². The number of rotatable bonds is 3. The van der Waals surface area contributed by atoms with Crippen LogP contribution in [-0.4, -0.2) is 30.9 Å². The minimum Gasteiger partial charge on any atom is -0.495 e. The van der Waals surface area contributed by atoms with Gasteiger partial charge in [-0.2, -0.15) is 0 Å². The predicted molar refractivity (Wildman–Crippen MR) is 111 cm³/mol. The van der Waals surface area contributed by atoms with Crippen molar-refractivity contribution < 1.29 is 9.30 Å². The lowest BCUT2D eigenvalue weighted by Gasteiger charge is -2.32. The molecule has 0 aliphatic carbocycles. The average molecular weight is 378 g/mol. The minimum atomic E-state index is -2.98. The molecule has 2 saturated heterocycles. The molecule has 2 atom stereocenters. The Morgan fingerprint density at radius 1 is 1.00 bits per heavy atom. The molecular formula is C22H23N2O2P. The summed E-state index contributed by atoms with van der Waals surface area (Å²) in [7, 11) is -1.29. The molecule has 0 N–H and O–H groups in total. The molecule has 2 fully saturated rings. The van der Waals surface area contributed by atoms with Crippen LogP contribution < -0.4 is 14.7 Å². The summed E-state index contributed by atoms with van der Waals surface area (Å²) in [4.78, 5) is 0. The molecule has 2 aliphatic heterocycles. The van der Waals surface area contributed by atoms with E-state index in [1.165, 1.54) is 0 Å². The molecule has 0 saturated carbocycles. The smallest absolute Gasteiger partial charge is 0.273 e. The van der Waals surface area contributed by atoms with Gasteiger partial charge >= 0.3 is 0 Å². The van der Waals surface area contributed by atoms with Crippen molar-refractivity contribution in [2.24, 2.45) is 0 Å². The van der Waals surface area contributed by atoms with Crippen LogP contribution in [0, 0.1) is 0 Å².